The number of urea groups is 1. The van der Waals surface area contributed by atoms with Gasteiger partial charge in [0.25, 0.3) is 0 Å². The van der Waals surface area contributed by atoms with Crippen molar-refractivity contribution in [2.75, 3.05) is 5.32 Å². The molecule has 1 aromatic carbocycles. The Balaban J connectivity index is 2.11. The van der Waals surface area contributed by atoms with E-state index < -0.39 is 17.8 Å². The molecule has 0 spiro atoms. The summed E-state index contributed by atoms with van der Waals surface area (Å²) >= 11 is 1.37. The van der Waals surface area contributed by atoms with Gasteiger partial charge in [-0.05, 0) is 19.1 Å². The number of nitrogens with one attached hydrogen (secondary N) is 2. The zero-order chi connectivity index (χ0) is 15.4. The lowest BCUT2D eigenvalue weighted by Gasteiger charge is -2.14. The molecule has 0 saturated heterocycles. The third-order valence-electron chi connectivity index (χ3n) is 2.65. The lowest BCUT2D eigenvalue weighted by molar-refractivity contribution is 0.0697. The van der Waals surface area contributed by atoms with Gasteiger partial charge in [-0.25, -0.2) is 19.0 Å². The van der Waals surface area contributed by atoms with Gasteiger partial charge in [-0.3, -0.25) is 0 Å². The molecule has 1 aromatic heterocycles. The molecular weight excluding hydrogens is 297 g/mol. The van der Waals surface area contributed by atoms with Crippen molar-refractivity contribution in [1.29, 1.82) is 0 Å². The summed E-state index contributed by atoms with van der Waals surface area (Å²) in [6, 6.07) is 2.48. The zero-order valence-electron chi connectivity index (χ0n) is 11.0. The third kappa shape index (κ3) is 3.54. The lowest BCUT2D eigenvalue weighted by Crippen LogP contribution is -2.32. The first-order valence-corrected chi connectivity index (χ1v) is 6.85. The fourth-order valence-corrected chi connectivity index (χ4v) is 2.33. The average Bonchev–Trinajstić information content (AvgIpc) is 2.94. The SMILES string of the molecule is CC(NC(=O)Nc1c(F)cccc1C(=O)O)c1nccs1. The topological polar surface area (TPSA) is 91.3 Å². The zero-order valence-corrected chi connectivity index (χ0v) is 11.8. The van der Waals surface area contributed by atoms with Gasteiger partial charge in [-0.1, -0.05) is 6.07 Å². The van der Waals surface area contributed by atoms with Gasteiger partial charge in [0.1, 0.15) is 10.8 Å². The molecule has 0 radical (unpaired) electrons. The molecular formula is C13H12FN3O3S. The van der Waals surface area contributed by atoms with Crippen molar-refractivity contribution in [3.63, 3.8) is 0 Å². The number of rotatable bonds is 4. The minimum atomic E-state index is -1.32. The van der Waals surface area contributed by atoms with E-state index in [1.54, 1.807) is 18.5 Å². The van der Waals surface area contributed by atoms with Crippen molar-refractivity contribution in [2.24, 2.45) is 0 Å². The predicted molar refractivity (Wildman–Crippen MR) is 76.0 cm³/mol. The summed E-state index contributed by atoms with van der Waals surface area (Å²) in [5.41, 5.74) is -0.680. The van der Waals surface area contributed by atoms with Crippen LogP contribution in [-0.4, -0.2) is 22.1 Å². The molecule has 0 saturated carbocycles. The Labute approximate surface area is 123 Å². The minimum absolute atomic E-state index is 0.313. The molecule has 1 heterocycles. The Morgan fingerprint density at radius 3 is 2.81 bits per heavy atom. The van der Waals surface area contributed by atoms with Crippen LogP contribution >= 0.6 is 11.3 Å². The molecule has 21 heavy (non-hydrogen) atoms. The molecule has 2 rings (SSSR count). The van der Waals surface area contributed by atoms with Gasteiger partial charge in [0, 0.05) is 11.6 Å². The third-order valence-corrected chi connectivity index (χ3v) is 3.61. The van der Waals surface area contributed by atoms with Gasteiger partial charge >= 0.3 is 12.0 Å². The highest BCUT2D eigenvalue weighted by Gasteiger charge is 2.18. The number of anilines is 1. The molecule has 2 aromatic rings. The van der Waals surface area contributed by atoms with Gasteiger partial charge in [0.2, 0.25) is 0 Å². The molecule has 2 amide bonds. The molecule has 8 heteroatoms. The smallest absolute Gasteiger partial charge is 0.337 e. The number of carbonyl (C=O) groups is 2. The maximum atomic E-state index is 13.7. The summed E-state index contributed by atoms with van der Waals surface area (Å²) in [7, 11) is 0. The first-order chi connectivity index (χ1) is 9.99. The Hall–Kier alpha value is -2.48. The van der Waals surface area contributed by atoms with E-state index in [2.05, 4.69) is 15.6 Å². The maximum Gasteiger partial charge on any atom is 0.337 e. The summed E-state index contributed by atoms with van der Waals surface area (Å²) in [4.78, 5) is 26.9. The van der Waals surface area contributed by atoms with Crippen LogP contribution in [0.4, 0.5) is 14.9 Å². The Morgan fingerprint density at radius 1 is 1.43 bits per heavy atom. The predicted octanol–water partition coefficient (Wildman–Crippen LogP) is 2.86. The standard InChI is InChI=1S/C13H12FN3O3S/c1-7(11-15-5-6-21-11)16-13(20)17-10-8(12(18)19)3-2-4-9(10)14/h2-7H,1H3,(H,18,19)(H2,16,17,20). The van der Waals surface area contributed by atoms with Crippen molar-refractivity contribution in [3.05, 3.63) is 46.2 Å². The van der Waals surface area contributed by atoms with Crippen molar-refractivity contribution < 1.29 is 19.1 Å². The number of carboxylic acids is 1. The molecule has 3 N–H and O–H groups in total. The van der Waals surface area contributed by atoms with E-state index in [0.29, 0.717) is 5.01 Å². The van der Waals surface area contributed by atoms with Crippen LogP contribution in [0.3, 0.4) is 0 Å². The van der Waals surface area contributed by atoms with Gasteiger partial charge in [0.15, 0.2) is 0 Å². The fraction of sp³-hybridized carbons (Fsp3) is 0.154. The van der Waals surface area contributed by atoms with Gasteiger partial charge in [-0.2, -0.15) is 0 Å². The van der Waals surface area contributed by atoms with Gasteiger partial charge in [-0.15, -0.1) is 11.3 Å². The monoisotopic (exact) mass is 309 g/mol. The summed E-state index contributed by atoms with van der Waals surface area (Å²) in [5, 5.41) is 16.2. The van der Waals surface area contributed by atoms with E-state index in [1.165, 1.54) is 23.5 Å². The second kappa shape index (κ2) is 6.31. The summed E-state index contributed by atoms with van der Waals surface area (Å²) in [6.07, 6.45) is 1.61. The van der Waals surface area contributed by atoms with E-state index in [-0.39, 0.29) is 17.3 Å². The van der Waals surface area contributed by atoms with Crippen molar-refractivity contribution in [1.82, 2.24) is 10.3 Å². The number of nitrogens with zero attached hydrogens (tertiary/aromatic N) is 1. The fourth-order valence-electron chi connectivity index (χ4n) is 1.69. The molecule has 0 aliphatic carbocycles. The molecule has 0 bridgehead atoms. The Morgan fingerprint density at radius 2 is 2.19 bits per heavy atom. The second-order valence-corrected chi connectivity index (χ2v) is 5.08. The van der Waals surface area contributed by atoms with E-state index >= 15 is 0 Å². The van der Waals surface area contributed by atoms with Crippen molar-refractivity contribution in [3.8, 4) is 0 Å². The number of benzene rings is 1. The number of para-hydroxylation sites is 1. The average molecular weight is 309 g/mol. The van der Waals surface area contributed by atoms with Crippen LogP contribution in [0.2, 0.25) is 0 Å². The normalized spacial score (nSPS) is 11.7. The quantitative estimate of drug-likeness (QED) is 0.810. The highest BCUT2D eigenvalue weighted by molar-refractivity contribution is 7.09. The van der Waals surface area contributed by atoms with E-state index in [0.717, 1.165) is 6.07 Å². The van der Waals surface area contributed by atoms with Crippen LogP contribution < -0.4 is 10.6 Å². The molecule has 110 valence electrons. The molecule has 6 nitrogen and oxygen atoms in total. The van der Waals surface area contributed by atoms with E-state index in [1.807, 2.05) is 0 Å². The van der Waals surface area contributed by atoms with Gasteiger partial charge < -0.3 is 15.7 Å². The maximum absolute atomic E-state index is 13.7. The number of carboxylic acid groups (broad SMARTS) is 1. The minimum Gasteiger partial charge on any atom is -0.478 e. The first kappa shape index (κ1) is 14.9. The number of carbonyl (C=O) groups excluding carboxylic acids is 1. The second-order valence-electron chi connectivity index (χ2n) is 4.16. The van der Waals surface area contributed by atoms with Crippen molar-refractivity contribution in [2.45, 2.75) is 13.0 Å². The van der Waals surface area contributed by atoms with Crippen LogP contribution in [0.25, 0.3) is 0 Å². The van der Waals surface area contributed by atoms with Crippen LogP contribution in [0, 0.1) is 5.82 Å². The molecule has 0 fully saturated rings. The molecule has 0 aliphatic rings. The summed E-state index contributed by atoms with van der Waals surface area (Å²) in [6.45, 7) is 1.72. The van der Waals surface area contributed by atoms with Crippen LogP contribution in [0.1, 0.15) is 28.3 Å². The first-order valence-electron chi connectivity index (χ1n) is 5.97. The number of aromatic carboxylic acids is 1. The number of aromatic nitrogens is 1. The Bertz CT molecular complexity index is 661. The summed E-state index contributed by atoms with van der Waals surface area (Å²) < 4.78 is 13.7. The lowest BCUT2D eigenvalue weighted by atomic mass is 10.1. The Kier molecular flexibility index (Phi) is 4.49. The highest BCUT2D eigenvalue weighted by atomic mass is 32.1. The molecule has 1 unspecified atom stereocenters. The number of thiazole rings is 1. The van der Waals surface area contributed by atoms with Gasteiger partial charge in [0.05, 0.1) is 17.3 Å². The van der Waals surface area contributed by atoms with E-state index in [9.17, 15) is 14.0 Å². The molecule has 0 aliphatic heterocycles. The number of amides is 2. The number of halogens is 1. The van der Waals surface area contributed by atoms with Crippen LogP contribution in [0.5, 0.6) is 0 Å². The number of hydrogen-bond donors (Lipinski definition) is 3. The highest BCUT2D eigenvalue weighted by Crippen LogP contribution is 2.20. The van der Waals surface area contributed by atoms with Crippen LogP contribution in [0.15, 0.2) is 29.8 Å². The number of hydrogen-bond acceptors (Lipinski definition) is 4. The largest absolute Gasteiger partial charge is 0.478 e. The molecule has 1 atom stereocenters. The van der Waals surface area contributed by atoms with Crippen LogP contribution in [-0.2, 0) is 0 Å². The van der Waals surface area contributed by atoms with Crippen molar-refractivity contribution >= 4 is 29.0 Å². The summed E-state index contributed by atoms with van der Waals surface area (Å²) in [5.74, 6) is -2.13. The van der Waals surface area contributed by atoms with E-state index in [4.69, 9.17) is 5.11 Å².